The largest absolute Gasteiger partial charge is 0.308 e. The van der Waals surface area contributed by atoms with Crippen LogP contribution in [0.25, 0.3) is 0 Å². The van der Waals surface area contributed by atoms with Crippen LogP contribution >= 0.6 is 23.2 Å². The van der Waals surface area contributed by atoms with Crippen molar-refractivity contribution in [2.45, 2.75) is 25.7 Å². The normalized spacial score (nSPS) is 16.4. The lowest BCUT2D eigenvalue weighted by atomic mass is 9.95. The van der Waals surface area contributed by atoms with Crippen LogP contribution in [0.1, 0.15) is 40.7 Å². The fourth-order valence-corrected chi connectivity index (χ4v) is 3.75. The van der Waals surface area contributed by atoms with Gasteiger partial charge in [-0.2, -0.15) is 5.10 Å². The van der Waals surface area contributed by atoms with E-state index in [0.717, 1.165) is 35.4 Å². The van der Waals surface area contributed by atoms with E-state index in [4.69, 9.17) is 23.2 Å². The highest BCUT2D eigenvalue weighted by molar-refractivity contribution is 6.42. The van der Waals surface area contributed by atoms with Crippen LogP contribution in [0.3, 0.4) is 0 Å². The summed E-state index contributed by atoms with van der Waals surface area (Å²) in [6, 6.07) is 10.9. The molecule has 2 aliphatic rings. The van der Waals surface area contributed by atoms with Gasteiger partial charge in [0.15, 0.2) is 0 Å². The first kappa shape index (κ1) is 18.0. The Hall–Kier alpha value is -2.37. The van der Waals surface area contributed by atoms with Gasteiger partial charge in [-0.3, -0.25) is 9.59 Å². The Balaban J connectivity index is 1.64. The molecule has 0 fully saturated rings. The van der Waals surface area contributed by atoms with Gasteiger partial charge in [0.1, 0.15) is 0 Å². The van der Waals surface area contributed by atoms with E-state index < -0.39 is 0 Å². The molecule has 2 aliphatic heterocycles. The van der Waals surface area contributed by atoms with E-state index in [1.165, 1.54) is 0 Å². The zero-order valence-electron chi connectivity index (χ0n) is 14.5. The highest BCUT2D eigenvalue weighted by Crippen LogP contribution is 2.31. The summed E-state index contributed by atoms with van der Waals surface area (Å²) in [7, 11) is 0. The number of rotatable bonds is 2. The number of carbonyl (C=O) groups excluding carboxylic acids is 2. The Morgan fingerprint density at radius 3 is 2.63 bits per heavy atom. The molecule has 5 nitrogen and oxygen atoms in total. The monoisotopic (exact) mass is 401 g/mol. The van der Waals surface area contributed by atoms with Gasteiger partial charge in [-0.25, -0.2) is 5.43 Å². The van der Waals surface area contributed by atoms with E-state index in [2.05, 4.69) is 16.6 Å². The number of benzene rings is 2. The van der Waals surface area contributed by atoms with Crippen LogP contribution in [0.5, 0.6) is 0 Å². The number of amides is 2. The molecule has 0 spiro atoms. The van der Waals surface area contributed by atoms with Crippen molar-refractivity contribution in [3.05, 3.63) is 63.1 Å². The van der Waals surface area contributed by atoms with Crippen molar-refractivity contribution in [1.29, 1.82) is 0 Å². The Labute approximate surface area is 167 Å². The third kappa shape index (κ3) is 3.57. The smallest absolute Gasteiger partial charge is 0.258 e. The van der Waals surface area contributed by atoms with Gasteiger partial charge in [0.25, 0.3) is 5.91 Å². The van der Waals surface area contributed by atoms with Crippen LogP contribution in [-0.4, -0.2) is 24.1 Å². The van der Waals surface area contributed by atoms with Crippen molar-refractivity contribution in [3.8, 4) is 0 Å². The molecule has 0 unspecified atom stereocenters. The average molecular weight is 402 g/mol. The fourth-order valence-electron chi connectivity index (χ4n) is 3.46. The SMILES string of the molecule is O=C1CCC(c2ccc3c(c2)CCCN3C(=O)c2ccc(Cl)c(Cl)c2)=NN1. The minimum absolute atomic E-state index is 0.0601. The summed E-state index contributed by atoms with van der Waals surface area (Å²) in [4.78, 5) is 26.1. The Morgan fingerprint density at radius 2 is 1.89 bits per heavy atom. The van der Waals surface area contributed by atoms with E-state index in [1.807, 2.05) is 12.1 Å². The maximum atomic E-state index is 13.0. The Morgan fingerprint density at radius 1 is 1.04 bits per heavy atom. The molecule has 0 aromatic heterocycles. The molecule has 0 aliphatic carbocycles. The molecule has 2 aromatic rings. The Kier molecular flexibility index (Phi) is 4.89. The van der Waals surface area contributed by atoms with Gasteiger partial charge in [0.05, 0.1) is 15.8 Å². The van der Waals surface area contributed by atoms with Crippen LogP contribution in [0.2, 0.25) is 10.0 Å². The zero-order valence-corrected chi connectivity index (χ0v) is 16.0. The molecule has 2 aromatic carbocycles. The van der Waals surface area contributed by atoms with Crippen molar-refractivity contribution in [3.63, 3.8) is 0 Å². The topological polar surface area (TPSA) is 61.8 Å². The second-order valence-corrected chi connectivity index (χ2v) is 7.44. The number of halogens is 2. The predicted molar refractivity (Wildman–Crippen MR) is 107 cm³/mol. The fraction of sp³-hybridized carbons (Fsp3) is 0.250. The summed E-state index contributed by atoms with van der Waals surface area (Å²) in [5, 5.41) is 4.95. The van der Waals surface area contributed by atoms with Crippen LogP contribution in [0.15, 0.2) is 41.5 Å². The summed E-state index contributed by atoms with van der Waals surface area (Å²) >= 11 is 12.0. The summed E-state index contributed by atoms with van der Waals surface area (Å²) in [5.41, 5.74) is 6.90. The lowest BCUT2D eigenvalue weighted by Gasteiger charge is -2.30. The summed E-state index contributed by atoms with van der Waals surface area (Å²) in [6.07, 6.45) is 2.84. The number of hydrogen-bond acceptors (Lipinski definition) is 3. The Bertz CT molecular complexity index is 972. The van der Waals surface area contributed by atoms with Crippen LogP contribution in [0.4, 0.5) is 5.69 Å². The molecule has 2 amide bonds. The number of anilines is 1. The van der Waals surface area contributed by atoms with Gasteiger partial charge >= 0.3 is 0 Å². The first-order chi connectivity index (χ1) is 13.0. The van der Waals surface area contributed by atoms with Gasteiger partial charge in [0.2, 0.25) is 5.91 Å². The van der Waals surface area contributed by atoms with Gasteiger partial charge in [-0.1, -0.05) is 29.3 Å². The van der Waals surface area contributed by atoms with E-state index in [-0.39, 0.29) is 11.8 Å². The highest BCUT2D eigenvalue weighted by atomic mass is 35.5. The van der Waals surface area contributed by atoms with Gasteiger partial charge in [-0.15, -0.1) is 0 Å². The van der Waals surface area contributed by atoms with Crippen LogP contribution < -0.4 is 10.3 Å². The van der Waals surface area contributed by atoms with Crippen molar-refractivity contribution >= 4 is 46.4 Å². The average Bonchev–Trinajstić information content (AvgIpc) is 2.69. The summed E-state index contributed by atoms with van der Waals surface area (Å²) < 4.78 is 0. The van der Waals surface area contributed by atoms with Gasteiger partial charge in [-0.05, 0) is 54.3 Å². The third-order valence-corrected chi connectivity index (χ3v) is 5.59. The number of fused-ring (bicyclic) bond motifs is 1. The number of hydrazone groups is 1. The quantitative estimate of drug-likeness (QED) is 0.819. The highest BCUT2D eigenvalue weighted by Gasteiger charge is 2.25. The summed E-state index contributed by atoms with van der Waals surface area (Å²) in [5.74, 6) is -0.153. The molecule has 27 heavy (non-hydrogen) atoms. The lowest BCUT2D eigenvalue weighted by Crippen LogP contribution is -2.35. The first-order valence-corrected chi connectivity index (χ1v) is 9.54. The molecule has 138 valence electrons. The van der Waals surface area contributed by atoms with Crippen molar-refractivity contribution in [1.82, 2.24) is 5.43 Å². The van der Waals surface area contributed by atoms with Crippen LogP contribution in [-0.2, 0) is 11.2 Å². The molecule has 1 N–H and O–H groups in total. The first-order valence-electron chi connectivity index (χ1n) is 8.78. The van der Waals surface area contributed by atoms with E-state index in [9.17, 15) is 9.59 Å². The van der Waals surface area contributed by atoms with Crippen molar-refractivity contribution in [2.75, 3.05) is 11.4 Å². The van der Waals surface area contributed by atoms with Crippen LogP contribution in [0, 0.1) is 0 Å². The molecule has 7 heteroatoms. The molecule has 2 heterocycles. The van der Waals surface area contributed by atoms with E-state index >= 15 is 0 Å². The van der Waals surface area contributed by atoms with Crippen molar-refractivity contribution in [2.24, 2.45) is 5.10 Å². The second kappa shape index (κ2) is 7.33. The zero-order chi connectivity index (χ0) is 19.0. The number of carbonyl (C=O) groups is 2. The number of nitrogens with zero attached hydrogens (tertiary/aromatic N) is 2. The minimum Gasteiger partial charge on any atom is -0.308 e. The maximum absolute atomic E-state index is 13.0. The molecule has 0 bridgehead atoms. The molecule has 0 saturated carbocycles. The van der Waals surface area contributed by atoms with Crippen molar-refractivity contribution < 1.29 is 9.59 Å². The number of aryl methyl sites for hydroxylation is 1. The van der Waals surface area contributed by atoms with E-state index in [1.54, 1.807) is 23.1 Å². The van der Waals surface area contributed by atoms with Gasteiger partial charge < -0.3 is 4.90 Å². The predicted octanol–water partition coefficient (Wildman–Crippen LogP) is 4.20. The third-order valence-electron chi connectivity index (χ3n) is 4.85. The molecule has 0 radical (unpaired) electrons. The second-order valence-electron chi connectivity index (χ2n) is 6.63. The lowest BCUT2D eigenvalue weighted by molar-refractivity contribution is -0.121. The minimum atomic E-state index is -0.0930. The molecular weight excluding hydrogens is 385 g/mol. The number of hydrogen-bond donors (Lipinski definition) is 1. The van der Waals surface area contributed by atoms with Gasteiger partial charge in [0, 0.05) is 30.6 Å². The summed E-state index contributed by atoms with van der Waals surface area (Å²) in [6.45, 7) is 0.655. The molecule has 4 rings (SSSR count). The number of nitrogens with one attached hydrogen (secondary N) is 1. The maximum Gasteiger partial charge on any atom is 0.258 e. The molecular formula is C20H17Cl2N3O2. The molecule has 0 saturated heterocycles. The van der Waals surface area contributed by atoms with E-state index in [0.29, 0.717) is 35.0 Å². The standard InChI is InChI=1S/C20H17Cl2N3O2/c21-15-5-3-14(11-16(15)22)20(27)25-9-1-2-13-10-12(4-7-18(13)25)17-6-8-19(26)24-23-17/h3-5,7,10-11H,1-2,6,8-9H2,(H,24,26). The molecule has 0 atom stereocenters.